The van der Waals surface area contributed by atoms with Gasteiger partial charge in [0.05, 0.1) is 0 Å². The highest BCUT2D eigenvalue weighted by Gasteiger charge is 2.23. The van der Waals surface area contributed by atoms with Gasteiger partial charge < -0.3 is 10.1 Å². The van der Waals surface area contributed by atoms with Crippen molar-refractivity contribution in [1.29, 1.82) is 0 Å². The van der Waals surface area contributed by atoms with E-state index in [0.29, 0.717) is 6.61 Å². The Morgan fingerprint density at radius 3 is 2.65 bits per heavy atom. The highest BCUT2D eigenvalue weighted by Crippen LogP contribution is 2.08. The summed E-state index contributed by atoms with van der Waals surface area (Å²) in [5.41, 5.74) is 1.03. The van der Waals surface area contributed by atoms with Crippen molar-refractivity contribution < 1.29 is 9.53 Å². The molecule has 17 heavy (non-hydrogen) atoms. The maximum Gasteiger partial charge on any atom is 0.323 e. The van der Waals surface area contributed by atoms with Gasteiger partial charge in [0.15, 0.2) is 0 Å². The lowest BCUT2D eigenvalue weighted by Gasteiger charge is -2.09. The number of hydrogen-bond donors (Lipinski definition) is 1. The molecule has 0 saturated carbocycles. The second kappa shape index (κ2) is 7.85. The minimum atomic E-state index is -0.128. The van der Waals surface area contributed by atoms with Crippen LogP contribution in [0.5, 0.6) is 0 Å². The van der Waals surface area contributed by atoms with Crippen LogP contribution in [0.25, 0.3) is 0 Å². The van der Waals surface area contributed by atoms with Gasteiger partial charge in [-0.05, 0) is 24.9 Å². The minimum Gasteiger partial charge on any atom is -0.460 e. The largest absolute Gasteiger partial charge is 0.460 e. The number of nitrogens with one attached hydrogen (secondary N) is 1. The van der Waals surface area contributed by atoms with Crippen LogP contribution in [0.15, 0.2) is 30.3 Å². The number of rotatable bonds is 3. The second-order valence-electron chi connectivity index (χ2n) is 3.74. The Labute approximate surface area is 103 Å². The van der Waals surface area contributed by atoms with Crippen LogP contribution in [0, 0.1) is 0 Å². The molecule has 1 heterocycles. The number of benzene rings is 1. The Bertz CT molecular complexity index is 318. The second-order valence-corrected chi connectivity index (χ2v) is 3.74. The fourth-order valence-electron chi connectivity index (χ4n) is 1.72. The number of hydrogen-bond acceptors (Lipinski definition) is 3. The van der Waals surface area contributed by atoms with Crippen LogP contribution in [0.2, 0.25) is 0 Å². The van der Waals surface area contributed by atoms with Crippen molar-refractivity contribution in [2.75, 3.05) is 6.54 Å². The summed E-state index contributed by atoms with van der Waals surface area (Å²) in [5, 5.41) is 3.12. The van der Waals surface area contributed by atoms with Crippen molar-refractivity contribution in [3.63, 3.8) is 0 Å². The summed E-state index contributed by atoms with van der Waals surface area (Å²) >= 11 is 0. The average molecular weight is 235 g/mol. The molecule has 1 unspecified atom stereocenters. The molecule has 1 N–H and O–H groups in total. The zero-order chi connectivity index (χ0) is 12.5. The molecule has 1 fully saturated rings. The molecule has 1 aromatic rings. The molecule has 0 aliphatic carbocycles. The van der Waals surface area contributed by atoms with Gasteiger partial charge in [-0.3, -0.25) is 4.79 Å². The van der Waals surface area contributed by atoms with Crippen molar-refractivity contribution in [1.82, 2.24) is 5.32 Å². The standard InChI is InChI=1S/C12H15NO2.C2H6/c14-12(11-7-4-8-13-11)15-9-10-5-2-1-3-6-10;1-2/h1-3,5-6,11,13H,4,7-9H2;1-2H3. The van der Waals surface area contributed by atoms with Crippen molar-refractivity contribution in [2.45, 2.75) is 39.3 Å². The molecule has 94 valence electrons. The van der Waals surface area contributed by atoms with E-state index < -0.39 is 0 Å². The van der Waals surface area contributed by atoms with Gasteiger partial charge in [-0.25, -0.2) is 0 Å². The number of carbonyl (C=O) groups excluding carboxylic acids is 1. The van der Waals surface area contributed by atoms with Crippen LogP contribution in [0.1, 0.15) is 32.3 Å². The minimum absolute atomic E-state index is 0.0892. The van der Waals surface area contributed by atoms with Crippen LogP contribution in [-0.4, -0.2) is 18.6 Å². The predicted molar refractivity (Wildman–Crippen MR) is 68.6 cm³/mol. The summed E-state index contributed by atoms with van der Waals surface area (Å²) in [4.78, 5) is 11.5. The zero-order valence-electron chi connectivity index (χ0n) is 10.6. The lowest BCUT2D eigenvalue weighted by Crippen LogP contribution is -2.32. The summed E-state index contributed by atoms with van der Waals surface area (Å²) in [6.07, 6.45) is 1.96. The fraction of sp³-hybridized carbons (Fsp3) is 0.500. The van der Waals surface area contributed by atoms with E-state index in [1.165, 1.54) is 0 Å². The Morgan fingerprint density at radius 2 is 2.06 bits per heavy atom. The molecule has 1 aliphatic rings. The first-order chi connectivity index (χ1) is 8.36. The average Bonchev–Trinajstić information content (AvgIpc) is 2.93. The SMILES string of the molecule is CC.O=C(OCc1ccccc1)C1CCCN1. The van der Waals surface area contributed by atoms with E-state index in [-0.39, 0.29) is 12.0 Å². The first kappa shape index (κ1) is 13.7. The first-order valence-corrected chi connectivity index (χ1v) is 6.30. The van der Waals surface area contributed by atoms with Crippen LogP contribution in [-0.2, 0) is 16.1 Å². The zero-order valence-corrected chi connectivity index (χ0v) is 10.6. The molecule has 2 rings (SSSR count). The molecule has 1 aromatic carbocycles. The van der Waals surface area contributed by atoms with Gasteiger partial charge in [-0.2, -0.15) is 0 Å². The third kappa shape index (κ3) is 4.57. The van der Waals surface area contributed by atoms with E-state index >= 15 is 0 Å². The molecule has 0 spiro atoms. The molecule has 0 radical (unpaired) electrons. The third-order valence-corrected chi connectivity index (χ3v) is 2.57. The van der Waals surface area contributed by atoms with Crippen molar-refractivity contribution in [3.8, 4) is 0 Å². The van der Waals surface area contributed by atoms with E-state index in [2.05, 4.69) is 5.32 Å². The summed E-state index contributed by atoms with van der Waals surface area (Å²) in [5.74, 6) is -0.128. The number of carbonyl (C=O) groups is 1. The molecule has 1 atom stereocenters. The lowest BCUT2D eigenvalue weighted by molar-refractivity contribution is -0.147. The van der Waals surface area contributed by atoms with Gasteiger partial charge in [-0.1, -0.05) is 44.2 Å². The molecular weight excluding hydrogens is 214 g/mol. The number of ether oxygens (including phenoxy) is 1. The van der Waals surface area contributed by atoms with Gasteiger partial charge in [0.25, 0.3) is 0 Å². The van der Waals surface area contributed by atoms with Gasteiger partial charge >= 0.3 is 5.97 Å². The Kier molecular flexibility index (Phi) is 6.33. The van der Waals surface area contributed by atoms with E-state index in [1.807, 2.05) is 44.2 Å². The Balaban J connectivity index is 0.000000686. The van der Waals surface area contributed by atoms with Crippen molar-refractivity contribution >= 4 is 5.97 Å². The summed E-state index contributed by atoms with van der Waals surface area (Å²) < 4.78 is 5.21. The Morgan fingerprint density at radius 1 is 1.35 bits per heavy atom. The molecule has 0 aromatic heterocycles. The van der Waals surface area contributed by atoms with Gasteiger partial charge in [-0.15, -0.1) is 0 Å². The van der Waals surface area contributed by atoms with Crippen LogP contribution >= 0.6 is 0 Å². The van der Waals surface area contributed by atoms with E-state index in [0.717, 1.165) is 24.9 Å². The third-order valence-electron chi connectivity index (χ3n) is 2.57. The first-order valence-electron chi connectivity index (χ1n) is 6.30. The van der Waals surface area contributed by atoms with Crippen LogP contribution < -0.4 is 5.32 Å². The normalized spacial score (nSPS) is 18.1. The molecule has 1 saturated heterocycles. The van der Waals surface area contributed by atoms with E-state index in [4.69, 9.17) is 4.74 Å². The van der Waals surface area contributed by atoms with Gasteiger partial charge in [0.1, 0.15) is 12.6 Å². The maximum atomic E-state index is 11.5. The predicted octanol–water partition coefficient (Wildman–Crippen LogP) is 2.51. The van der Waals surface area contributed by atoms with Crippen LogP contribution in [0.4, 0.5) is 0 Å². The fourth-order valence-corrected chi connectivity index (χ4v) is 1.72. The summed E-state index contributed by atoms with van der Waals surface area (Å²) in [6.45, 7) is 5.29. The number of esters is 1. The summed E-state index contributed by atoms with van der Waals surface area (Å²) in [7, 11) is 0. The lowest BCUT2D eigenvalue weighted by atomic mass is 10.2. The molecular formula is C14H21NO2. The van der Waals surface area contributed by atoms with Gasteiger partial charge in [0, 0.05) is 0 Å². The molecule has 0 bridgehead atoms. The van der Waals surface area contributed by atoms with Crippen molar-refractivity contribution in [2.24, 2.45) is 0 Å². The van der Waals surface area contributed by atoms with E-state index in [9.17, 15) is 4.79 Å². The molecule has 1 aliphatic heterocycles. The van der Waals surface area contributed by atoms with Crippen LogP contribution in [0.3, 0.4) is 0 Å². The van der Waals surface area contributed by atoms with Crippen molar-refractivity contribution in [3.05, 3.63) is 35.9 Å². The highest BCUT2D eigenvalue weighted by atomic mass is 16.5. The molecule has 0 amide bonds. The molecule has 3 heteroatoms. The highest BCUT2D eigenvalue weighted by molar-refractivity contribution is 5.76. The maximum absolute atomic E-state index is 11.5. The van der Waals surface area contributed by atoms with E-state index in [1.54, 1.807) is 0 Å². The van der Waals surface area contributed by atoms with Gasteiger partial charge in [0.2, 0.25) is 0 Å². The monoisotopic (exact) mass is 235 g/mol. The quantitative estimate of drug-likeness (QED) is 0.818. The molecule has 3 nitrogen and oxygen atoms in total. The summed E-state index contributed by atoms with van der Waals surface area (Å²) in [6, 6.07) is 9.65. The smallest absolute Gasteiger partial charge is 0.323 e. The topological polar surface area (TPSA) is 38.3 Å². The Hall–Kier alpha value is -1.35.